The summed E-state index contributed by atoms with van der Waals surface area (Å²) in [5.41, 5.74) is 1.24. The van der Waals surface area contributed by atoms with Crippen LogP contribution in [0.5, 0.6) is 5.75 Å². The molecule has 1 saturated heterocycles. The lowest BCUT2D eigenvalue weighted by Gasteiger charge is -2.24. The standard InChI is InChI=1S/C18H29N3O2/c1-4-19-18(21(3)13-16-9-11-22-14-16)20-10-12-23-17-7-5-15(2)6-8-17/h5-8,16H,4,9-14H2,1-3H3,(H,19,20). The minimum atomic E-state index is 0.582. The molecule has 0 bridgehead atoms. The fourth-order valence-electron chi connectivity index (χ4n) is 2.62. The SMILES string of the molecule is CCNC(=NCCOc1ccc(C)cc1)N(C)CC1CCOC1. The van der Waals surface area contributed by atoms with E-state index < -0.39 is 0 Å². The lowest BCUT2D eigenvalue weighted by Crippen LogP contribution is -2.41. The Morgan fingerprint density at radius 2 is 2.17 bits per heavy atom. The van der Waals surface area contributed by atoms with Crippen LogP contribution >= 0.6 is 0 Å². The van der Waals surface area contributed by atoms with E-state index in [1.807, 2.05) is 12.1 Å². The van der Waals surface area contributed by atoms with Gasteiger partial charge < -0.3 is 19.7 Å². The van der Waals surface area contributed by atoms with Crippen LogP contribution in [-0.2, 0) is 4.74 Å². The van der Waals surface area contributed by atoms with E-state index in [1.165, 1.54) is 5.56 Å². The van der Waals surface area contributed by atoms with Crippen LogP contribution in [0.25, 0.3) is 0 Å². The Kier molecular flexibility index (Phi) is 7.20. The van der Waals surface area contributed by atoms with E-state index in [-0.39, 0.29) is 0 Å². The Bertz CT molecular complexity index is 482. The molecule has 1 aromatic rings. The Morgan fingerprint density at radius 3 is 2.83 bits per heavy atom. The summed E-state index contributed by atoms with van der Waals surface area (Å²) in [6.07, 6.45) is 1.14. The molecule has 1 N–H and O–H groups in total. The molecule has 0 radical (unpaired) electrons. The number of aryl methyl sites for hydroxylation is 1. The molecule has 0 amide bonds. The Labute approximate surface area is 139 Å². The summed E-state index contributed by atoms with van der Waals surface area (Å²) < 4.78 is 11.2. The van der Waals surface area contributed by atoms with Crippen LogP contribution in [0.2, 0.25) is 0 Å². The number of nitrogens with one attached hydrogen (secondary N) is 1. The van der Waals surface area contributed by atoms with Crippen molar-refractivity contribution in [3.8, 4) is 5.75 Å². The zero-order valence-corrected chi connectivity index (χ0v) is 14.5. The highest BCUT2D eigenvalue weighted by Gasteiger charge is 2.18. The van der Waals surface area contributed by atoms with Gasteiger partial charge in [0.15, 0.2) is 5.96 Å². The fourth-order valence-corrected chi connectivity index (χ4v) is 2.62. The van der Waals surface area contributed by atoms with Gasteiger partial charge in [-0.15, -0.1) is 0 Å². The van der Waals surface area contributed by atoms with Crippen molar-refractivity contribution < 1.29 is 9.47 Å². The summed E-state index contributed by atoms with van der Waals surface area (Å²) >= 11 is 0. The maximum atomic E-state index is 5.73. The number of nitrogens with zero attached hydrogens (tertiary/aromatic N) is 2. The zero-order valence-electron chi connectivity index (χ0n) is 14.5. The molecule has 0 saturated carbocycles. The van der Waals surface area contributed by atoms with Crippen molar-refractivity contribution in [2.24, 2.45) is 10.9 Å². The molecule has 1 fully saturated rings. The summed E-state index contributed by atoms with van der Waals surface area (Å²) in [5, 5.41) is 3.34. The average Bonchev–Trinajstić information content (AvgIpc) is 3.05. The first-order chi connectivity index (χ1) is 11.2. The Morgan fingerprint density at radius 1 is 1.39 bits per heavy atom. The van der Waals surface area contributed by atoms with Crippen molar-refractivity contribution in [3.63, 3.8) is 0 Å². The Balaban J connectivity index is 1.78. The Hall–Kier alpha value is -1.75. The second-order valence-corrected chi connectivity index (χ2v) is 6.01. The van der Waals surface area contributed by atoms with Crippen molar-refractivity contribution in [1.82, 2.24) is 10.2 Å². The van der Waals surface area contributed by atoms with Gasteiger partial charge in [-0.1, -0.05) is 17.7 Å². The summed E-state index contributed by atoms with van der Waals surface area (Å²) in [7, 11) is 2.08. The average molecular weight is 319 g/mol. The van der Waals surface area contributed by atoms with E-state index in [0.29, 0.717) is 19.1 Å². The molecule has 5 nitrogen and oxygen atoms in total. The fraction of sp³-hybridized carbons (Fsp3) is 0.611. The molecule has 23 heavy (non-hydrogen) atoms. The molecule has 1 atom stereocenters. The molecule has 128 valence electrons. The molecule has 1 heterocycles. The van der Waals surface area contributed by atoms with E-state index in [9.17, 15) is 0 Å². The summed E-state index contributed by atoms with van der Waals surface area (Å²) in [6.45, 7) is 8.97. The minimum Gasteiger partial charge on any atom is -0.492 e. The molecule has 0 spiro atoms. The van der Waals surface area contributed by atoms with Gasteiger partial charge in [0, 0.05) is 32.7 Å². The molecule has 1 aromatic carbocycles. The van der Waals surface area contributed by atoms with E-state index in [4.69, 9.17) is 9.47 Å². The largest absolute Gasteiger partial charge is 0.492 e. The van der Waals surface area contributed by atoms with Gasteiger partial charge in [-0.25, -0.2) is 4.99 Å². The second-order valence-electron chi connectivity index (χ2n) is 6.01. The zero-order chi connectivity index (χ0) is 16.5. The quantitative estimate of drug-likeness (QED) is 0.476. The number of ether oxygens (including phenoxy) is 2. The first-order valence-electron chi connectivity index (χ1n) is 8.45. The van der Waals surface area contributed by atoms with E-state index >= 15 is 0 Å². The molecule has 0 aromatic heterocycles. The predicted octanol–water partition coefficient (Wildman–Crippen LogP) is 2.31. The lowest BCUT2D eigenvalue weighted by molar-refractivity contribution is 0.181. The van der Waals surface area contributed by atoms with Gasteiger partial charge in [0.2, 0.25) is 0 Å². The lowest BCUT2D eigenvalue weighted by atomic mass is 10.1. The smallest absolute Gasteiger partial charge is 0.193 e. The number of guanidine groups is 1. The highest BCUT2D eigenvalue weighted by Crippen LogP contribution is 2.13. The van der Waals surface area contributed by atoms with Crippen LogP contribution in [0.3, 0.4) is 0 Å². The maximum Gasteiger partial charge on any atom is 0.193 e. The van der Waals surface area contributed by atoms with Gasteiger partial charge in [0.1, 0.15) is 12.4 Å². The van der Waals surface area contributed by atoms with Crippen LogP contribution in [0.1, 0.15) is 18.9 Å². The van der Waals surface area contributed by atoms with Crippen LogP contribution in [0, 0.1) is 12.8 Å². The molecular weight excluding hydrogens is 290 g/mol. The van der Waals surface area contributed by atoms with Crippen LogP contribution in [-0.4, -0.2) is 57.4 Å². The first-order valence-corrected chi connectivity index (χ1v) is 8.45. The molecule has 1 aliphatic rings. The van der Waals surface area contributed by atoms with E-state index in [0.717, 1.165) is 44.4 Å². The van der Waals surface area contributed by atoms with E-state index in [1.54, 1.807) is 0 Å². The highest BCUT2D eigenvalue weighted by molar-refractivity contribution is 5.79. The van der Waals surface area contributed by atoms with Crippen molar-refractivity contribution in [2.75, 3.05) is 46.5 Å². The monoisotopic (exact) mass is 319 g/mol. The molecule has 0 aliphatic carbocycles. The van der Waals surface area contributed by atoms with Crippen LogP contribution in [0.4, 0.5) is 0 Å². The van der Waals surface area contributed by atoms with Gasteiger partial charge >= 0.3 is 0 Å². The summed E-state index contributed by atoms with van der Waals surface area (Å²) in [5.74, 6) is 2.44. The molecule has 2 rings (SSSR count). The summed E-state index contributed by atoms with van der Waals surface area (Å²) in [4.78, 5) is 6.84. The second kappa shape index (κ2) is 9.40. The van der Waals surface area contributed by atoms with E-state index in [2.05, 4.69) is 48.2 Å². The number of rotatable bonds is 7. The normalized spacial score (nSPS) is 18.0. The highest BCUT2D eigenvalue weighted by atomic mass is 16.5. The number of benzene rings is 1. The first kappa shape index (κ1) is 17.6. The third-order valence-electron chi connectivity index (χ3n) is 3.90. The van der Waals surface area contributed by atoms with Gasteiger partial charge in [-0.2, -0.15) is 0 Å². The van der Waals surface area contributed by atoms with Gasteiger partial charge in [-0.3, -0.25) is 0 Å². The van der Waals surface area contributed by atoms with Crippen molar-refractivity contribution in [2.45, 2.75) is 20.3 Å². The number of hydrogen-bond acceptors (Lipinski definition) is 3. The topological polar surface area (TPSA) is 46.1 Å². The summed E-state index contributed by atoms with van der Waals surface area (Å²) in [6, 6.07) is 8.10. The van der Waals surface area contributed by atoms with Crippen molar-refractivity contribution in [3.05, 3.63) is 29.8 Å². The molecule has 1 unspecified atom stereocenters. The van der Waals surface area contributed by atoms with Gasteiger partial charge in [-0.05, 0) is 32.4 Å². The molecule has 1 aliphatic heterocycles. The van der Waals surface area contributed by atoms with Gasteiger partial charge in [0.05, 0.1) is 13.2 Å². The number of hydrogen-bond donors (Lipinski definition) is 1. The molecular formula is C18H29N3O2. The third-order valence-corrected chi connectivity index (χ3v) is 3.90. The third kappa shape index (κ3) is 6.10. The molecule has 5 heteroatoms. The number of aliphatic imine (C=N–C) groups is 1. The van der Waals surface area contributed by atoms with Crippen molar-refractivity contribution >= 4 is 5.96 Å². The van der Waals surface area contributed by atoms with Crippen LogP contribution in [0.15, 0.2) is 29.3 Å². The maximum absolute atomic E-state index is 5.73. The van der Waals surface area contributed by atoms with Crippen LogP contribution < -0.4 is 10.1 Å². The van der Waals surface area contributed by atoms with Crippen molar-refractivity contribution in [1.29, 1.82) is 0 Å². The predicted molar refractivity (Wildman–Crippen MR) is 94.2 cm³/mol. The minimum absolute atomic E-state index is 0.582. The van der Waals surface area contributed by atoms with Gasteiger partial charge in [0.25, 0.3) is 0 Å².